The topological polar surface area (TPSA) is 62.2 Å². The maximum atomic E-state index is 12.3. The highest BCUT2D eigenvalue weighted by Crippen LogP contribution is 2.28. The van der Waals surface area contributed by atoms with Gasteiger partial charge in [-0.2, -0.15) is 13.2 Å². The number of rotatable bonds is 4. The van der Waals surface area contributed by atoms with E-state index in [1.165, 1.54) is 28.8 Å². The first-order valence-corrected chi connectivity index (χ1v) is 6.32. The van der Waals surface area contributed by atoms with Crippen molar-refractivity contribution in [2.24, 2.45) is 0 Å². The number of thiophene rings is 1. The van der Waals surface area contributed by atoms with Crippen molar-refractivity contribution in [2.45, 2.75) is 12.7 Å². The Bertz CT molecular complexity index is 608. The molecule has 4 nitrogen and oxygen atoms in total. The van der Waals surface area contributed by atoms with E-state index in [4.69, 9.17) is 5.11 Å². The van der Waals surface area contributed by atoms with Gasteiger partial charge in [-0.15, -0.1) is 11.3 Å². The molecule has 0 amide bonds. The van der Waals surface area contributed by atoms with E-state index in [0.717, 1.165) is 17.1 Å². The van der Waals surface area contributed by atoms with E-state index in [1.807, 2.05) is 0 Å². The van der Waals surface area contributed by atoms with Crippen LogP contribution in [0.1, 0.15) is 20.9 Å². The van der Waals surface area contributed by atoms with Gasteiger partial charge in [-0.05, 0) is 18.2 Å². The number of carboxylic acids is 1. The summed E-state index contributed by atoms with van der Waals surface area (Å²) in [5.41, 5.74) is -0.326. The highest BCUT2D eigenvalue weighted by molar-refractivity contribution is 7.10. The molecule has 20 heavy (non-hydrogen) atoms. The van der Waals surface area contributed by atoms with Crippen molar-refractivity contribution >= 4 is 23.0 Å². The molecule has 0 saturated carbocycles. The minimum atomic E-state index is -4.46. The molecule has 0 aliphatic rings. The number of nitrogens with zero attached hydrogens (tertiary/aromatic N) is 1. The summed E-state index contributed by atoms with van der Waals surface area (Å²) in [7, 11) is 0. The van der Waals surface area contributed by atoms with Crippen LogP contribution in [0.15, 0.2) is 29.8 Å². The minimum absolute atomic E-state index is 0.192. The molecule has 2 N–H and O–H groups in total. The van der Waals surface area contributed by atoms with Crippen LogP contribution in [-0.4, -0.2) is 16.1 Å². The van der Waals surface area contributed by atoms with Crippen molar-refractivity contribution in [3.63, 3.8) is 0 Å². The van der Waals surface area contributed by atoms with Gasteiger partial charge in [0.2, 0.25) is 0 Å². The summed E-state index contributed by atoms with van der Waals surface area (Å²) in [5.74, 6) is -1.01. The van der Waals surface area contributed by atoms with Gasteiger partial charge in [0.15, 0.2) is 0 Å². The van der Waals surface area contributed by atoms with Crippen molar-refractivity contribution in [2.75, 3.05) is 5.32 Å². The predicted molar refractivity (Wildman–Crippen MR) is 67.8 cm³/mol. The van der Waals surface area contributed by atoms with Gasteiger partial charge in [0.25, 0.3) is 0 Å². The first-order valence-electron chi connectivity index (χ1n) is 5.44. The lowest BCUT2D eigenvalue weighted by molar-refractivity contribution is -0.141. The molecule has 0 aliphatic carbocycles. The van der Waals surface area contributed by atoms with Crippen LogP contribution < -0.4 is 5.32 Å². The Morgan fingerprint density at radius 1 is 1.40 bits per heavy atom. The standard InChI is InChI=1S/C12H9F3N2O2S/c13-12(14,15)10-2-1-8(4-17-10)16-5-9-3-7(6-20-9)11(18)19/h1-4,6,16H,5H2,(H,18,19). The molecule has 0 aliphatic heterocycles. The van der Waals surface area contributed by atoms with Crippen molar-refractivity contribution in [1.29, 1.82) is 0 Å². The van der Waals surface area contributed by atoms with Crippen LogP contribution in [0.2, 0.25) is 0 Å². The van der Waals surface area contributed by atoms with Crippen LogP contribution in [0, 0.1) is 0 Å². The number of halogens is 3. The van der Waals surface area contributed by atoms with Crippen LogP contribution in [0.4, 0.5) is 18.9 Å². The largest absolute Gasteiger partial charge is 0.478 e. The minimum Gasteiger partial charge on any atom is -0.478 e. The van der Waals surface area contributed by atoms with Gasteiger partial charge in [-0.3, -0.25) is 0 Å². The maximum Gasteiger partial charge on any atom is 0.433 e. The van der Waals surface area contributed by atoms with Gasteiger partial charge in [-0.25, -0.2) is 9.78 Å². The van der Waals surface area contributed by atoms with E-state index in [2.05, 4.69) is 10.3 Å². The molecule has 0 radical (unpaired) electrons. The Morgan fingerprint density at radius 2 is 2.15 bits per heavy atom. The second kappa shape index (κ2) is 5.49. The van der Waals surface area contributed by atoms with Crippen LogP contribution in [0.5, 0.6) is 0 Å². The fraction of sp³-hybridized carbons (Fsp3) is 0.167. The summed E-state index contributed by atoms with van der Waals surface area (Å²) in [4.78, 5) is 14.8. The van der Waals surface area contributed by atoms with E-state index in [0.29, 0.717) is 12.2 Å². The first-order chi connectivity index (χ1) is 9.36. The first kappa shape index (κ1) is 14.3. The third kappa shape index (κ3) is 3.47. The van der Waals surface area contributed by atoms with Crippen molar-refractivity contribution in [1.82, 2.24) is 4.98 Å². The van der Waals surface area contributed by atoms with E-state index in [-0.39, 0.29) is 5.56 Å². The summed E-state index contributed by atoms with van der Waals surface area (Å²) in [6, 6.07) is 3.68. The number of hydrogen-bond donors (Lipinski definition) is 2. The Balaban J connectivity index is 1.98. The zero-order valence-corrected chi connectivity index (χ0v) is 10.8. The van der Waals surface area contributed by atoms with Gasteiger partial charge < -0.3 is 10.4 Å². The highest BCUT2D eigenvalue weighted by atomic mass is 32.1. The lowest BCUT2D eigenvalue weighted by Crippen LogP contribution is -2.08. The predicted octanol–water partition coefficient (Wildman–Crippen LogP) is 3.47. The Kier molecular flexibility index (Phi) is 3.93. The molecule has 0 saturated heterocycles. The third-order valence-electron chi connectivity index (χ3n) is 2.42. The highest BCUT2D eigenvalue weighted by Gasteiger charge is 2.31. The average molecular weight is 302 g/mol. The Hall–Kier alpha value is -2.09. The number of anilines is 1. The molecule has 2 heterocycles. The second-order valence-electron chi connectivity index (χ2n) is 3.89. The normalized spacial score (nSPS) is 11.3. The lowest BCUT2D eigenvalue weighted by atomic mass is 10.3. The van der Waals surface area contributed by atoms with Crippen molar-refractivity contribution < 1.29 is 23.1 Å². The number of carbonyl (C=O) groups is 1. The van der Waals surface area contributed by atoms with Gasteiger partial charge in [0.05, 0.1) is 17.4 Å². The quantitative estimate of drug-likeness (QED) is 0.907. The van der Waals surface area contributed by atoms with E-state index in [9.17, 15) is 18.0 Å². The zero-order chi connectivity index (χ0) is 14.8. The number of carboxylic acid groups (broad SMARTS) is 1. The molecular weight excluding hydrogens is 293 g/mol. The number of aromatic carboxylic acids is 1. The molecule has 0 atom stereocenters. The number of alkyl halides is 3. The van der Waals surface area contributed by atoms with Crippen LogP contribution in [-0.2, 0) is 12.7 Å². The molecule has 8 heteroatoms. The lowest BCUT2D eigenvalue weighted by Gasteiger charge is -2.07. The van der Waals surface area contributed by atoms with E-state index >= 15 is 0 Å². The second-order valence-corrected chi connectivity index (χ2v) is 4.89. The number of aromatic nitrogens is 1. The molecule has 0 unspecified atom stereocenters. The average Bonchev–Trinajstić information content (AvgIpc) is 2.85. The van der Waals surface area contributed by atoms with Crippen LogP contribution in [0.3, 0.4) is 0 Å². The van der Waals surface area contributed by atoms with Gasteiger partial charge in [0.1, 0.15) is 5.69 Å². The van der Waals surface area contributed by atoms with Crippen LogP contribution >= 0.6 is 11.3 Å². The van der Waals surface area contributed by atoms with Gasteiger partial charge in [0, 0.05) is 16.8 Å². The van der Waals surface area contributed by atoms with E-state index < -0.39 is 17.8 Å². The molecule has 106 valence electrons. The molecule has 2 rings (SSSR count). The van der Waals surface area contributed by atoms with Gasteiger partial charge >= 0.3 is 12.1 Å². The molecule has 0 spiro atoms. The van der Waals surface area contributed by atoms with Gasteiger partial charge in [-0.1, -0.05) is 0 Å². The number of hydrogen-bond acceptors (Lipinski definition) is 4. The number of nitrogens with one attached hydrogen (secondary N) is 1. The summed E-state index contributed by atoms with van der Waals surface area (Å²) in [6.07, 6.45) is -3.36. The SMILES string of the molecule is O=C(O)c1csc(CNc2ccc(C(F)(F)F)nc2)c1. The van der Waals surface area contributed by atoms with E-state index in [1.54, 1.807) is 0 Å². The molecule has 0 fully saturated rings. The maximum absolute atomic E-state index is 12.3. The summed E-state index contributed by atoms with van der Waals surface area (Å²) >= 11 is 1.26. The van der Waals surface area contributed by atoms with Crippen molar-refractivity contribution in [3.8, 4) is 0 Å². The molecule has 0 aromatic carbocycles. The molecule has 2 aromatic rings. The third-order valence-corrected chi connectivity index (χ3v) is 3.36. The summed E-state index contributed by atoms with van der Waals surface area (Å²) < 4.78 is 36.9. The summed E-state index contributed by atoms with van der Waals surface area (Å²) in [6.45, 7) is 0.324. The van der Waals surface area contributed by atoms with Crippen molar-refractivity contribution in [3.05, 3.63) is 45.9 Å². The molecular formula is C12H9F3N2O2S. The van der Waals surface area contributed by atoms with Crippen LogP contribution in [0.25, 0.3) is 0 Å². The monoisotopic (exact) mass is 302 g/mol. The zero-order valence-electron chi connectivity index (χ0n) is 9.94. The molecule has 2 aromatic heterocycles. The Morgan fingerprint density at radius 3 is 2.65 bits per heavy atom. The number of pyridine rings is 1. The fourth-order valence-corrected chi connectivity index (χ4v) is 2.24. The fourth-order valence-electron chi connectivity index (χ4n) is 1.44. The summed E-state index contributed by atoms with van der Waals surface area (Å²) in [5, 5.41) is 13.1. The Labute approximate surface area is 115 Å². The smallest absolute Gasteiger partial charge is 0.433 e. The molecule has 0 bridgehead atoms.